The molecule has 0 spiro atoms. The van der Waals surface area contributed by atoms with Crippen LogP contribution in [0.25, 0.3) is 0 Å². The van der Waals surface area contributed by atoms with Crippen LogP contribution in [0.2, 0.25) is 0 Å². The number of carbonyl (C=O) groups excluding carboxylic acids is 1. The topological polar surface area (TPSA) is 78.4 Å². The van der Waals surface area contributed by atoms with Gasteiger partial charge in [-0.15, -0.1) is 0 Å². The number of aliphatic carboxylic acids is 1. The summed E-state index contributed by atoms with van der Waals surface area (Å²) in [6, 6.07) is 4.25. The van der Waals surface area contributed by atoms with E-state index in [1.54, 1.807) is 6.07 Å². The van der Waals surface area contributed by atoms with Gasteiger partial charge in [-0.1, -0.05) is 25.5 Å². The smallest absolute Gasteiger partial charge is 0.326 e. The predicted octanol–water partition coefficient (Wildman–Crippen LogP) is 2.68. The molecule has 1 atom stereocenters. The summed E-state index contributed by atoms with van der Waals surface area (Å²) in [7, 11) is 0. The number of benzene rings is 1. The molecule has 0 unspecified atom stereocenters. The lowest BCUT2D eigenvalue weighted by molar-refractivity contribution is -0.139. The monoisotopic (exact) mass is 264 g/mol. The summed E-state index contributed by atoms with van der Waals surface area (Å²) in [5.74, 6) is -1.02. The van der Waals surface area contributed by atoms with Crippen molar-refractivity contribution in [1.29, 1.82) is 0 Å². The fourth-order valence-corrected chi connectivity index (χ4v) is 1.75. The van der Waals surface area contributed by atoms with Crippen LogP contribution >= 0.6 is 0 Å². The Labute approximate surface area is 113 Å². The van der Waals surface area contributed by atoms with Crippen molar-refractivity contribution in [2.24, 2.45) is 0 Å². The van der Waals surface area contributed by atoms with Gasteiger partial charge in [-0.3, -0.25) is 0 Å². The number of nitrogens with one attached hydrogen (secondary N) is 2. The van der Waals surface area contributed by atoms with Crippen molar-refractivity contribution in [3.63, 3.8) is 0 Å². The molecule has 0 radical (unpaired) electrons. The summed E-state index contributed by atoms with van der Waals surface area (Å²) in [5, 5.41) is 14.1. The van der Waals surface area contributed by atoms with Crippen LogP contribution in [0.3, 0.4) is 0 Å². The van der Waals surface area contributed by atoms with Crippen LogP contribution in [-0.2, 0) is 4.79 Å². The van der Waals surface area contributed by atoms with Gasteiger partial charge in [0.05, 0.1) is 0 Å². The fourth-order valence-electron chi connectivity index (χ4n) is 1.75. The zero-order valence-electron chi connectivity index (χ0n) is 11.5. The molecule has 0 bridgehead atoms. The van der Waals surface area contributed by atoms with E-state index in [9.17, 15) is 9.59 Å². The van der Waals surface area contributed by atoms with E-state index in [2.05, 4.69) is 10.6 Å². The molecule has 5 heteroatoms. The number of hydrogen-bond acceptors (Lipinski definition) is 2. The van der Waals surface area contributed by atoms with E-state index < -0.39 is 18.0 Å². The average Bonchev–Trinajstić information content (AvgIpc) is 2.34. The minimum Gasteiger partial charge on any atom is -0.480 e. The summed E-state index contributed by atoms with van der Waals surface area (Å²) in [6.07, 6.45) is 1.11. The van der Waals surface area contributed by atoms with Gasteiger partial charge in [0.1, 0.15) is 6.04 Å². The molecule has 1 aromatic carbocycles. The second kappa shape index (κ2) is 6.78. The molecule has 0 saturated carbocycles. The molecule has 0 heterocycles. The van der Waals surface area contributed by atoms with Crippen LogP contribution in [-0.4, -0.2) is 23.1 Å². The van der Waals surface area contributed by atoms with Crippen LogP contribution in [0.15, 0.2) is 18.2 Å². The number of anilines is 1. The second-order valence-electron chi connectivity index (χ2n) is 4.53. The van der Waals surface area contributed by atoms with E-state index in [0.717, 1.165) is 11.1 Å². The quantitative estimate of drug-likeness (QED) is 0.765. The van der Waals surface area contributed by atoms with Gasteiger partial charge in [0.2, 0.25) is 0 Å². The van der Waals surface area contributed by atoms with E-state index in [0.29, 0.717) is 18.5 Å². The van der Waals surface area contributed by atoms with E-state index in [1.807, 2.05) is 32.9 Å². The average molecular weight is 264 g/mol. The Bertz CT molecular complexity index is 472. The third-order valence-electron chi connectivity index (χ3n) is 3.03. The lowest BCUT2D eigenvalue weighted by atomic mass is 10.1. The van der Waals surface area contributed by atoms with Gasteiger partial charge in [-0.2, -0.15) is 0 Å². The van der Waals surface area contributed by atoms with E-state index in [4.69, 9.17) is 5.11 Å². The zero-order valence-corrected chi connectivity index (χ0v) is 11.5. The molecule has 0 saturated heterocycles. The number of rotatable bonds is 5. The standard InChI is InChI=1S/C14H20N2O3/c1-4-6-12(13(17)18)16-14(19)15-11-8-5-7-9(2)10(11)3/h5,7-8,12H,4,6H2,1-3H3,(H,17,18)(H2,15,16,19)/t12-/m1/s1. The number of amides is 2. The zero-order chi connectivity index (χ0) is 14.4. The van der Waals surface area contributed by atoms with E-state index in [1.165, 1.54) is 0 Å². The van der Waals surface area contributed by atoms with Crippen LogP contribution < -0.4 is 10.6 Å². The van der Waals surface area contributed by atoms with Gasteiger partial charge in [0.15, 0.2) is 0 Å². The minimum atomic E-state index is -1.02. The van der Waals surface area contributed by atoms with Crippen molar-refractivity contribution in [3.05, 3.63) is 29.3 Å². The normalized spacial score (nSPS) is 11.7. The molecule has 5 nitrogen and oxygen atoms in total. The van der Waals surface area contributed by atoms with E-state index in [-0.39, 0.29) is 0 Å². The van der Waals surface area contributed by atoms with Crippen LogP contribution in [0.1, 0.15) is 30.9 Å². The number of carboxylic acid groups (broad SMARTS) is 1. The van der Waals surface area contributed by atoms with Crippen molar-refractivity contribution in [2.75, 3.05) is 5.32 Å². The molecule has 104 valence electrons. The third kappa shape index (κ3) is 4.28. The highest BCUT2D eigenvalue weighted by atomic mass is 16.4. The maximum atomic E-state index is 11.8. The number of carbonyl (C=O) groups is 2. The first-order valence-electron chi connectivity index (χ1n) is 6.32. The van der Waals surface area contributed by atoms with Gasteiger partial charge < -0.3 is 15.7 Å². The number of urea groups is 1. The molecule has 1 rings (SSSR count). The largest absolute Gasteiger partial charge is 0.480 e. The van der Waals surface area contributed by atoms with Crippen molar-refractivity contribution in [2.45, 2.75) is 39.7 Å². The predicted molar refractivity (Wildman–Crippen MR) is 74.4 cm³/mol. The van der Waals surface area contributed by atoms with Crippen molar-refractivity contribution in [1.82, 2.24) is 5.32 Å². The fraction of sp³-hybridized carbons (Fsp3) is 0.429. The van der Waals surface area contributed by atoms with Crippen LogP contribution in [0, 0.1) is 13.8 Å². The van der Waals surface area contributed by atoms with Crippen molar-refractivity contribution >= 4 is 17.7 Å². The number of aryl methyl sites for hydroxylation is 1. The molecular weight excluding hydrogens is 244 g/mol. The SMILES string of the molecule is CCC[C@@H](NC(=O)Nc1cccc(C)c1C)C(=O)O. The van der Waals surface area contributed by atoms with Crippen molar-refractivity contribution < 1.29 is 14.7 Å². The third-order valence-corrected chi connectivity index (χ3v) is 3.03. The maximum absolute atomic E-state index is 11.8. The second-order valence-corrected chi connectivity index (χ2v) is 4.53. The first-order chi connectivity index (χ1) is 8.95. The summed E-state index contributed by atoms with van der Waals surface area (Å²) >= 11 is 0. The highest BCUT2D eigenvalue weighted by Gasteiger charge is 2.18. The number of carboxylic acids is 1. The first kappa shape index (κ1) is 15.0. The van der Waals surface area contributed by atoms with Gasteiger partial charge in [-0.05, 0) is 37.5 Å². The summed E-state index contributed by atoms with van der Waals surface area (Å²) in [5.41, 5.74) is 2.74. The molecule has 3 N–H and O–H groups in total. The molecule has 1 aromatic rings. The summed E-state index contributed by atoms with van der Waals surface area (Å²) in [6.45, 7) is 5.74. The molecular formula is C14H20N2O3. The Morgan fingerprint density at radius 2 is 2.00 bits per heavy atom. The molecule has 0 aliphatic carbocycles. The first-order valence-corrected chi connectivity index (χ1v) is 6.32. The molecule has 2 amide bonds. The minimum absolute atomic E-state index is 0.412. The lowest BCUT2D eigenvalue weighted by Gasteiger charge is -2.15. The Kier molecular flexibility index (Phi) is 5.36. The van der Waals surface area contributed by atoms with Gasteiger partial charge >= 0.3 is 12.0 Å². The van der Waals surface area contributed by atoms with Crippen LogP contribution in [0.5, 0.6) is 0 Å². The van der Waals surface area contributed by atoms with E-state index >= 15 is 0 Å². The molecule has 0 fully saturated rings. The summed E-state index contributed by atoms with van der Waals surface area (Å²) in [4.78, 5) is 22.7. The Balaban J connectivity index is 2.69. The molecule has 0 aromatic heterocycles. The highest BCUT2D eigenvalue weighted by molar-refractivity contribution is 5.93. The maximum Gasteiger partial charge on any atom is 0.326 e. The number of hydrogen-bond donors (Lipinski definition) is 3. The highest BCUT2D eigenvalue weighted by Crippen LogP contribution is 2.17. The van der Waals surface area contributed by atoms with Crippen molar-refractivity contribution in [3.8, 4) is 0 Å². The summed E-state index contributed by atoms with van der Waals surface area (Å²) < 4.78 is 0. The molecule has 0 aliphatic rings. The Hall–Kier alpha value is -2.04. The molecule has 19 heavy (non-hydrogen) atoms. The lowest BCUT2D eigenvalue weighted by Crippen LogP contribution is -2.43. The van der Waals surface area contributed by atoms with Gasteiger partial charge in [-0.25, -0.2) is 9.59 Å². The Morgan fingerprint density at radius 1 is 1.32 bits per heavy atom. The van der Waals surface area contributed by atoms with Gasteiger partial charge in [0.25, 0.3) is 0 Å². The Morgan fingerprint density at radius 3 is 2.58 bits per heavy atom. The van der Waals surface area contributed by atoms with Crippen LogP contribution in [0.4, 0.5) is 10.5 Å². The molecule has 0 aliphatic heterocycles. The van der Waals surface area contributed by atoms with Gasteiger partial charge in [0, 0.05) is 5.69 Å².